The fourth-order valence-electron chi connectivity index (χ4n) is 2.50. The first-order valence-electron chi connectivity index (χ1n) is 5.51. The van der Waals surface area contributed by atoms with Gasteiger partial charge in [-0.1, -0.05) is 56.2 Å². The van der Waals surface area contributed by atoms with Crippen LogP contribution in [0.3, 0.4) is 0 Å². The minimum atomic E-state index is 0.663. The minimum Gasteiger partial charge on any atom is -0.0651 e. The van der Waals surface area contributed by atoms with Gasteiger partial charge in [0.15, 0.2) is 0 Å². The zero-order valence-electron chi connectivity index (χ0n) is 9.25. The second kappa shape index (κ2) is 3.61. The van der Waals surface area contributed by atoms with Crippen LogP contribution < -0.4 is 0 Å². The Balaban J connectivity index is 2.41. The first-order valence-corrected chi connectivity index (χ1v) is 5.51. The van der Waals surface area contributed by atoms with E-state index in [4.69, 9.17) is 0 Å². The highest BCUT2D eigenvalue weighted by Gasteiger charge is 2.25. The number of benzene rings is 1. The van der Waals surface area contributed by atoms with Crippen molar-refractivity contribution in [2.75, 3.05) is 0 Å². The summed E-state index contributed by atoms with van der Waals surface area (Å²) >= 11 is 0. The molecule has 2 unspecified atom stereocenters. The van der Waals surface area contributed by atoms with Gasteiger partial charge in [-0.05, 0) is 24.0 Å². The van der Waals surface area contributed by atoms with E-state index in [1.807, 2.05) is 0 Å². The summed E-state index contributed by atoms with van der Waals surface area (Å²) in [6.45, 7) is 6.89. The fraction of sp³-hybridized carbons (Fsp3) is 0.429. The van der Waals surface area contributed by atoms with Gasteiger partial charge in [-0.25, -0.2) is 0 Å². The number of hydrogen-bond acceptors (Lipinski definition) is 0. The smallest absolute Gasteiger partial charge is 0.00802 e. The van der Waals surface area contributed by atoms with Crippen molar-refractivity contribution in [3.05, 3.63) is 41.0 Å². The molecule has 2 rings (SSSR count). The average molecular weight is 186 g/mol. The number of allylic oxidation sites excluding steroid dienone is 1. The third-order valence-corrected chi connectivity index (χ3v) is 3.42. The molecule has 1 aliphatic rings. The van der Waals surface area contributed by atoms with E-state index in [0.717, 1.165) is 5.92 Å². The maximum absolute atomic E-state index is 2.35. The van der Waals surface area contributed by atoms with Crippen LogP contribution in [-0.2, 0) is 0 Å². The lowest BCUT2D eigenvalue weighted by Gasteiger charge is -2.20. The predicted molar refractivity (Wildman–Crippen MR) is 62.3 cm³/mol. The van der Waals surface area contributed by atoms with Crippen LogP contribution in [0.15, 0.2) is 29.8 Å². The molecule has 0 amide bonds. The van der Waals surface area contributed by atoms with E-state index in [0.29, 0.717) is 5.92 Å². The van der Waals surface area contributed by atoms with E-state index in [2.05, 4.69) is 51.1 Å². The maximum atomic E-state index is 2.35. The van der Waals surface area contributed by atoms with E-state index in [-0.39, 0.29) is 0 Å². The molecule has 0 heteroatoms. The summed E-state index contributed by atoms with van der Waals surface area (Å²) in [4.78, 5) is 0. The van der Waals surface area contributed by atoms with E-state index in [1.165, 1.54) is 23.1 Å². The molecule has 0 aromatic heterocycles. The summed E-state index contributed by atoms with van der Waals surface area (Å²) < 4.78 is 0. The van der Waals surface area contributed by atoms with Gasteiger partial charge < -0.3 is 0 Å². The molecule has 1 aromatic rings. The van der Waals surface area contributed by atoms with Crippen molar-refractivity contribution in [2.45, 2.75) is 33.1 Å². The van der Waals surface area contributed by atoms with Gasteiger partial charge in [0.2, 0.25) is 0 Å². The van der Waals surface area contributed by atoms with Crippen molar-refractivity contribution in [3.8, 4) is 0 Å². The molecule has 0 nitrogen and oxygen atoms in total. The van der Waals surface area contributed by atoms with Crippen molar-refractivity contribution in [1.82, 2.24) is 0 Å². The number of rotatable bonds is 2. The average Bonchev–Trinajstić information content (AvgIpc) is 2.53. The van der Waals surface area contributed by atoms with E-state index >= 15 is 0 Å². The minimum absolute atomic E-state index is 0.663. The highest BCUT2D eigenvalue weighted by atomic mass is 14.3. The standard InChI is InChI=1S/C14H18/c1-4-10(2)14-11(3)9-12-7-5-6-8-13(12)14/h5-10,14H,4H2,1-3H3. The first-order chi connectivity index (χ1) is 6.74. The monoisotopic (exact) mass is 186 g/mol. The molecule has 0 fully saturated rings. The molecule has 1 aromatic carbocycles. The lowest BCUT2D eigenvalue weighted by Crippen LogP contribution is -2.07. The SMILES string of the molecule is CCC(C)C1C(C)=Cc2ccccc21. The lowest BCUT2D eigenvalue weighted by molar-refractivity contribution is 0.496. The second-order valence-corrected chi connectivity index (χ2v) is 4.38. The van der Waals surface area contributed by atoms with E-state index < -0.39 is 0 Å². The highest BCUT2D eigenvalue weighted by molar-refractivity contribution is 5.66. The highest BCUT2D eigenvalue weighted by Crippen LogP contribution is 2.41. The predicted octanol–water partition coefficient (Wildman–Crippen LogP) is 4.23. The molecule has 0 spiro atoms. The molecule has 14 heavy (non-hydrogen) atoms. The van der Waals surface area contributed by atoms with Gasteiger partial charge in [-0.2, -0.15) is 0 Å². The molecule has 0 saturated carbocycles. The summed E-state index contributed by atoms with van der Waals surface area (Å²) in [5.74, 6) is 1.42. The van der Waals surface area contributed by atoms with Crippen LogP contribution in [0.1, 0.15) is 44.2 Å². The Morgan fingerprint density at radius 3 is 2.71 bits per heavy atom. The van der Waals surface area contributed by atoms with Crippen molar-refractivity contribution in [1.29, 1.82) is 0 Å². The van der Waals surface area contributed by atoms with Crippen molar-refractivity contribution in [3.63, 3.8) is 0 Å². The number of hydrogen-bond donors (Lipinski definition) is 0. The van der Waals surface area contributed by atoms with Gasteiger partial charge in [0.1, 0.15) is 0 Å². The Kier molecular flexibility index (Phi) is 2.45. The van der Waals surface area contributed by atoms with Gasteiger partial charge in [0.05, 0.1) is 0 Å². The molecule has 74 valence electrons. The third-order valence-electron chi connectivity index (χ3n) is 3.42. The summed E-state index contributed by atoms with van der Waals surface area (Å²) in [6, 6.07) is 8.78. The number of fused-ring (bicyclic) bond motifs is 1. The van der Waals surface area contributed by atoms with Crippen LogP contribution in [0.2, 0.25) is 0 Å². The largest absolute Gasteiger partial charge is 0.0651 e. The molecule has 0 saturated heterocycles. The Morgan fingerprint density at radius 2 is 2.00 bits per heavy atom. The summed E-state index contributed by atoms with van der Waals surface area (Å²) in [5.41, 5.74) is 4.48. The second-order valence-electron chi connectivity index (χ2n) is 4.38. The van der Waals surface area contributed by atoms with Gasteiger partial charge in [-0.15, -0.1) is 0 Å². The maximum Gasteiger partial charge on any atom is 0.00802 e. The van der Waals surface area contributed by atoms with Crippen LogP contribution in [0.5, 0.6) is 0 Å². The normalized spacial score (nSPS) is 21.6. The van der Waals surface area contributed by atoms with Crippen LogP contribution in [0.25, 0.3) is 6.08 Å². The Hall–Kier alpha value is -1.04. The van der Waals surface area contributed by atoms with Gasteiger partial charge in [-0.3, -0.25) is 0 Å². The van der Waals surface area contributed by atoms with E-state index in [1.54, 1.807) is 0 Å². The third kappa shape index (κ3) is 1.39. The molecule has 0 heterocycles. The van der Waals surface area contributed by atoms with Crippen LogP contribution >= 0.6 is 0 Å². The van der Waals surface area contributed by atoms with Crippen LogP contribution in [0, 0.1) is 5.92 Å². The molecular weight excluding hydrogens is 168 g/mol. The lowest BCUT2D eigenvalue weighted by atomic mass is 9.84. The molecule has 2 atom stereocenters. The fourth-order valence-corrected chi connectivity index (χ4v) is 2.50. The topological polar surface area (TPSA) is 0 Å². The zero-order valence-corrected chi connectivity index (χ0v) is 9.25. The first kappa shape index (κ1) is 9.51. The molecule has 0 aliphatic heterocycles. The summed E-state index contributed by atoms with van der Waals surface area (Å²) in [6.07, 6.45) is 3.59. The quantitative estimate of drug-likeness (QED) is 0.648. The van der Waals surface area contributed by atoms with Gasteiger partial charge in [0, 0.05) is 5.92 Å². The van der Waals surface area contributed by atoms with Crippen molar-refractivity contribution in [2.24, 2.45) is 5.92 Å². The van der Waals surface area contributed by atoms with Crippen LogP contribution in [-0.4, -0.2) is 0 Å². The molecule has 0 radical (unpaired) electrons. The zero-order chi connectivity index (χ0) is 10.1. The Bertz CT molecular complexity index is 360. The Morgan fingerprint density at radius 1 is 1.29 bits per heavy atom. The van der Waals surface area contributed by atoms with Crippen molar-refractivity contribution >= 4 is 6.08 Å². The summed E-state index contributed by atoms with van der Waals surface area (Å²) in [5, 5.41) is 0. The Labute approximate surface area is 86.7 Å². The van der Waals surface area contributed by atoms with Gasteiger partial charge >= 0.3 is 0 Å². The summed E-state index contributed by atoms with van der Waals surface area (Å²) in [7, 11) is 0. The van der Waals surface area contributed by atoms with Gasteiger partial charge in [0.25, 0.3) is 0 Å². The van der Waals surface area contributed by atoms with Crippen molar-refractivity contribution < 1.29 is 0 Å². The molecular formula is C14H18. The molecule has 0 N–H and O–H groups in total. The molecule has 1 aliphatic carbocycles. The van der Waals surface area contributed by atoms with Crippen LogP contribution in [0.4, 0.5) is 0 Å². The molecule has 0 bridgehead atoms. The van der Waals surface area contributed by atoms with E-state index in [9.17, 15) is 0 Å².